The Bertz CT molecular complexity index is 1130. The van der Waals surface area contributed by atoms with Gasteiger partial charge in [-0.1, -0.05) is 22.0 Å². The first-order valence-electron chi connectivity index (χ1n) is 9.69. The number of nitriles is 1. The largest absolute Gasteiger partial charge is 0.379 e. The van der Waals surface area contributed by atoms with E-state index in [1.807, 2.05) is 6.07 Å². The summed E-state index contributed by atoms with van der Waals surface area (Å²) in [5.74, 6) is -0.525. The molecule has 0 aromatic heterocycles. The zero-order valence-corrected chi connectivity index (χ0v) is 19.3. The molecule has 0 spiro atoms. The van der Waals surface area contributed by atoms with Gasteiger partial charge < -0.3 is 10.2 Å². The molecule has 2 aromatic carbocycles. The van der Waals surface area contributed by atoms with Gasteiger partial charge in [-0.3, -0.25) is 4.79 Å². The fourth-order valence-electron chi connectivity index (χ4n) is 3.43. The minimum atomic E-state index is -3.95. The molecule has 0 unspecified atom stereocenters. The molecule has 7 nitrogen and oxygen atoms in total. The Kier molecular flexibility index (Phi) is 7.30. The first-order chi connectivity index (χ1) is 14.7. The Morgan fingerprint density at radius 1 is 1.32 bits per heavy atom. The van der Waals surface area contributed by atoms with Crippen LogP contribution < -0.4 is 10.0 Å². The van der Waals surface area contributed by atoms with Crippen LogP contribution in [0.15, 0.2) is 45.8 Å². The lowest BCUT2D eigenvalue weighted by Crippen LogP contribution is -2.44. The highest BCUT2D eigenvalue weighted by molar-refractivity contribution is 9.10. The van der Waals surface area contributed by atoms with Gasteiger partial charge in [0.1, 0.15) is 11.9 Å². The van der Waals surface area contributed by atoms with Crippen LogP contribution in [0.1, 0.15) is 30.9 Å². The summed E-state index contributed by atoms with van der Waals surface area (Å²) >= 11 is 3.16. The number of piperidine rings is 1. The van der Waals surface area contributed by atoms with Gasteiger partial charge in [-0.15, -0.1) is 0 Å². The van der Waals surface area contributed by atoms with E-state index in [0.29, 0.717) is 23.2 Å². The highest BCUT2D eigenvalue weighted by atomic mass is 79.9. The maximum Gasteiger partial charge on any atom is 0.240 e. The number of nitrogens with zero attached hydrogens (tertiary/aromatic N) is 2. The van der Waals surface area contributed by atoms with Crippen LogP contribution in [0.4, 0.5) is 10.1 Å². The Balaban J connectivity index is 1.73. The average molecular weight is 509 g/mol. The van der Waals surface area contributed by atoms with Crippen molar-refractivity contribution in [1.82, 2.24) is 9.62 Å². The second-order valence-electron chi connectivity index (χ2n) is 7.33. The van der Waals surface area contributed by atoms with E-state index in [1.54, 1.807) is 17.0 Å². The Morgan fingerprint density at radius 3 is 2.77 bits per heavy atom. The number of likely N-dealkylation sites (tertiary alicyclic amines) is 1. The number of benzene rings is 2. The summed E-state index contributed by atoms with van der Waals surface area (Å²) in [6, 6.07) is 10.6. The van der Waals surface area contributed by atoms with E-state index in [0.717, 1.165) is 12.8 Å². The van der Waals surface area contributed by atoms with Crippen LogP contribution in [0.5, 0.6) is 0 Å². The van der Waals surface area contributed by atoms with Gasteiger partial charge in [0, 0.05) is 42.6 Å². The third-order valence-corrected chi connectivity index (χ3v) is 7.01. The number of anilines is 1. The molecule has 3 rings (SSSR count). The summed E-state index contributed by atoms with van der Waals surface area (Å²) in [5, 5.41) is 12.8. The first kappa shape index (κ1) is 23.2. The van der Waals surface area contributed by atoms with E-state index in [-0.39, 0.29) is 34.5 Å². The van der Waals surface area contributed by atoms with Gasteiger partial charge in [-0.2, -0.15) is 5.26 Å². The number of carbonyl (C=O) groups excluding carboxylic acids is 1. The van der Waals surface area contributed by atoms with Gasteiger partial charge in [0.25, 0.3) is 0 Å². The Hall–Kier alpha value is -2.48. The fraction of sp³-hybridized carbons (Fsp3) is 0.333. The van der Waals surface area contributed by atoms with Crippen LogP contribution in [-0.2, 0) is 21.4 Å². The van der Waals surface area contributed by atoms with Crippen molar-refractivity contribution in [3.63, 3.8) is 0 Å². The molecule has 1 atom stereocenters. The number of carbonyl (C=O) groups is 1. The standard InChI is InChI=1S/C21H22BrFN4O3S/c1-14(28)27-8-2-3-18(13-27)26-21-7-6-19(9-16(21)11-24)31(29,30)25-12-15-4-5-17(22)10-20(15)23/h4-7,9-10,18,25-26H,2-3,8,12-13H2,1H3/t18-/m1/s1. The molecule has 164 valence electrons. The van der Waals surface area contributed by atoms with E-state index in [9.17, 15) is 22.9 Å². The molecule has 0 radical (unpaired) electrons. The molecular weight excluding hydrogens is 487 g/mol. The van der Waals surface area contributed by atoms with Crippen molar-refractivity contribution >= 4 is 37.5 Å². The predicted octanol–water partition coefficient (Wildman–Crippen LogP) is 3.36. The number of hydrogen-bond acceptors (Lipinski definition) is 5. The molecular formula is C21H22BrFN4O3S. The monoisotopic (exact) mass is 508 g/mol. The van der Waals surface area contributed by atoms with Crippen molar-refractivity contribution < 1.29 is 17.6 Å². The minimum absolute atomic E-state index is 0.00160. The summed E-state index contributed by atoms with van der Waals surface area (Å²) < 4.78 is 42.2. The van der Waals surface area contributed by atoms with Gasteiger partial charge >= 0.3 is 0 Å². The minimum Gasteiger partial charge on any atom is -0.379 e. The maximum absolute atomic E-state index is 14.0. The topological polar surface area (TPSA) is 102 Å². The normalized spacial score (nSPS) is 16.6. The molecule has 1 amide bonds. The zero-order valence-electron chi connectivity index (χ0n) is 16.9. The first-order valence-corrected chi connectivity index (χ1v) is 12.0. The smallest absolute Gasteiger partial charge is 0.240 e. The van der Waals surface area contributed by atoms with Crippen LogP contribution in [0, 0.1) is 17.1 Å². The van der Waals surface area contributed by atoms with E-state index in [1.165, 1.54) is 31.2 Å². The summed E-state index contributed by atoms with van der Waals surface area (Å²) in [6.45, 7) is 2.54. The van der Waals surface area contributed by atoms with E-state index in [2.05, 4.69) is 26.0 Å². The van der Waals surface area contributed by atoms with Gasteiger partial charge in [0.2, 0.25) is 15.9 Å². The Labute approximate surface area is 189 Å². The molecule has 1 fully saturated rings. The summed E-state index contributed by atoms with van der Waals surface area (Å²) in [6.07, 6.45) is 1.69. The molecule has 10 heteroatoms. The van der Waals surface area contributed by atoms with E-state index < -0.39 is 15.8 Å². The van der Waals surface area contributed by atoms with Crippen LogP contribution >= 0.6 is 15.9 Å². The fourth-order valence-corrected chi connectivity index (χ4v) is 4.80. The molecule has 0 aliphatic carbocycles. The molecule has 1 saturated heterocycles. The van der Waals surface area contributed by atoms with E-state index >= 15 is 0 Å². The molecule has 2 N–H and O–H groups in total. The highest BCUT2D eigenvalue weighted by Crippen LogP contribution is 2.23. The van der Waals surface area contributed by atoms with E-state index in [4.69, 9.17) is 0 Å². The second kappa shape index (κ2) is 9.77. The number of nitrogens with one attached hydrogen (secondary N) is 2. The highest BCUT2D eigenvalue weighted by Gasteiger charge is 2.23. The number of hydrogen-bond donors (Lipinski definition) is 2. The van der Waals surface area contributed by atoms with Gasteiger partial charge in [0.15, 0.2) is 0 Å². The third kappa shape index (κ3) is 5.81. The second-order valence-corrected chi connectivity index (χ2v) is 10.0. The average Bonchev–Trinajstić information content (AvgIpc) is 2.73. The lowest BCUT2D eigenvalue weighted by molar-refractivity contribution is -0.129. The molecule has 0 saturated carbocycles. The number of halogens is 2. The molecule has 31 heavy (non-hydrogen) atoms. The van der Waals surface area contributed by atoms with Crippen molar-refractivity contribution in [3.05, 3.63) is 57.8 Å². The number of rotatable bonds is 6. The van der Waals surface area contributed by atoms with Crippen molar-refractivity contribution in [2.45, 2.75) is 37.2 Å². The van der Waals surface area contributed by atoms with Crippen molar-refractivity contribution in [2.24, 2.45) is 0 Å². The predicted molar refractivity (Wildman–Crippen MR) is 118 cm³/mol. The zero-order chi connectivity index (χ0) is 22.6. The van der Waals surface area contributed by atoms with Gasteiger partial charge in [-0.05, 0) is 43.2 Å². The lowest BCUT2D eigenvalue weighted by Gasteiger charge is -2.33. The quantitative estimate of drug-likeness (QED) is 0.622. The summed E-state index contributed by atoms with van der Waals surface area (Å²) in [7, 11) is -3.95. The molecule has 0 bridgehead atoms. The lowest BCUT2D eigenvalue weighted by atomic mass is 10.0. The summed E-state index contributed by atoms with van der Waals surface area (Å²) in [4.78, 5) is 13.3. The number of sulfonamides is 1. The van der Waals surface area contributed by atoms with Crippen LogP contribution in [0.3, 0.4) is 0 Å². The van der Waals surface area contributed by atoms with Gasteiger partial charge in [-0.25, -0.2) is 17.5 Å². The molecule has 1 heterocycles. The molecule has 2 aromatic rings. The van der Waals surface area contributed by atoms with Crippen molar-refractivity contribution in [2.75, 3.05) is 18.4 Å². The molecule has 1 aliphatic rings. The number of amides is 1. The van der Waals surface area contributed by atoms with Crippen molar-refractivity contribution in [3.8, 4) is 6.07 Å². The van der Waals surface area contributed by atoms with Crippen LogP contribution in [0.2, 0.25) is 0 Å². The van der Waals surface area contributed by atoms with Crippen LogP contribution in [-0.4, -0.2) is 38.4 Å². The molecule has 1 aliphatic heterocycles. The van der Waals surface area contributed by atoms with Gasteiger partial charge in [0.05, 0.1) is 16.1 Å². The Morgan fingerprint density at radius 2 is 2.10 bits per heavy atom. The SMILES string of the molecule is CC(=O)N1CCC[C@@H](Nc2ccc(S(=O)(=O)NCc3ccc(Br)cc3F)cc2C#N)C1. The maximum atomic E-state index is 14.0. The van der Waals surface area contributed by atoms with Crippen molar-refractivity contribution in [1.29, 1.82) is 5.26 Å². The van der Waals surface area contributed by atoms with Crippen LogP contribution in [0.25, 0.3) is 0 Å². The third-order valence-electron chi connectivity index (χ3n) is 5.12. The summed E-state index contributed by atoms with van der Waals surface area (Å²) in [5.41, 5.74) is 0.895.